The lowest BCUT2D eigenvalue weighted by atomic mass is 10.1. The number of esters is 1. The number of ether oxygens (including phenoxy) is 3. The van der Waals surface area contributed by atoms with Gasteiger partial charge in [-0.25, -0.2) is 4.79 Å². The molecule has 2 aromatic carbocycles. The van der Waals surface area contributed by atoms with E-state index in [9.17, 15) is 9.59 Å². The number of carbonyl (C=O) groups is 2. The predicted octanol–water partition coefficient (Wildman–Crippen LogP) is 2.82. The highest BCUT2D eigenvalue weighted by molar-refractivity contribution is 5.94. The van der Waals surface area contributed by atoms with Crippen LogP contribution in [0.15, 0.2) is 48.5 Å². The second-order valence-electron chi connectivity index (χ2n) is 5.16. The van der Waals surface area contributed by atoms with Gasteiger partial charge in [0.05, 0.1) is 12.8 Å². The summed E-state index contributed by atoms with van der Waals surface area (Å²) in [5.41, 5.74) is 1.52. The molecule has 0 atom stereocenters. The molecule has 6 nitrogen and oxygen atoms in total. The quantitative estimate of drug-likeness (QED) is 0.746. The molecule has 0 radical (unpaired) electrons. The van der Waals surface area contributed by atoms with E-state index in [1.807, 2.05) is 25.1 Å². The number of anilines is 1. The molecule has 0 bridgehead atoms. The van der Waals surface area contributed by atoms with E-state index in [0.717, 1.165) is 12.0 Å². The molecule has 2 rings (SSSR count). The van der Waals surface area contributed by atoms with Gasteiger partial charge in [-0.2, -0.15) is 0 Å². The van der Waals surface area contributed by atoms with Gasteiger partial charge < -0.3 is 19.5 Å². The smallest absolute Gasteiger partial charge is 0.344 e. The summed E-state index contributed by atoms with van der Waals surface area (Å²) >= 11 is 0. The molecule has 0 fully saturated rings. The molecule has 0 saturated carbocycles. The van der Waals surface area contributed by atoms with Crippen molar-refractivity contribution in [3.05, 3.63) is 54.1 Å². The molecule has 0 aliphatic heterocycles. The summed E-state index contributed by atoms with van der Waals surface area (Å²) < 4.78 is 15.5. The van der Waals surface area contributed by atoms with Crippen molar-refractivity contribution in [3.8, 4) is 11.5 Å². The maximum Gasteiger partial charge on any atom is 0.344 e. The van der Waals surface area contributed by atoms with Crippen LogP contribution in [0.5, 0.6) is 11.5 Å². The molecule has 1 N–H and O–H groups in total. The van der Waals surface area contributed by atoms with E-state index in [1.54, 1.807) is 30.3 Å². The van der Waals surface area contributed by atoms with Crippen molar-refractivity contribution in [1.82, 2.24) is 0 Å². The van der Waals surface area contributed by atoms with Crippen LogP contribution in [0.25, 0.3) is 0 Å². The van der Waals surface area contributed by atoms with E-state index in [-0.39, 0.29) is 6.61 Å². The maximum atomic E-state index is 11.9. The highest BCUT2D eigenvalue weighted by Crippen LogP contribution is 2.22. The largest absolute Gasteiger partial charge is 0.495 e. The zero-order valence-corrected chi connectivity index (χ0v) is 14.3. The Hall–Kier alpha value is -3.02. The van der Waals surface area contributed by atoms with Crippen molar-refractivity contribution in [2.75, 3.05) is 25.6 Å². The average Bonchev–Trinajstić information content (AvgIpc) is 2.65. The first-order valence-electron chi connectivity index (χ1n) is 7.93. The minimum absolute atomic E-state index is 0.251. The van der Waals surface area contributed by atoms with Gasteiger partial charge in [-0.15, -0.1) is 0 Å². The minimum Gasteiger partial charge on any atom is -0.495 e. The van der Waals surface area contributed by atoms with Crippen molar-refractivity contribution in [1.29, 1.82) is 0 Å². The van der Waals surface area contributed by atoms with E-state index in [0.29, 0.717) is 17.2 Å². The number of benzene rings is 2. The normalized spacial score (nSPS) is 10.0. The van der Waals surface area contributed by atoms with Gasteiger partial charge in [0.15, 0.2) is 13.2 Å². The molecular weight excluding hydrogens is 322 g/mol. The van der Waals surface area contributed by atoms with Gasteiger partial charge in [0.2, 0.25) is 0 Å². The number of rotatable bonds is 8. The van der Waals surface area contributed by atoms with Gasteiger partial charge in [0.25, 0.3) is 5.91 Å². The average molecular weight is 343 g/mol. The van der Waals surface area contributed by atoms with Crippen molar-refractivity contribution < 1.29 is 23.8 Å². The molecule has 0 saturated heterocycles. The van der Waals surface area contributed by atoms with E-state index in [4.69, 9.17) is 14.2 Å². The van der Waals surface area contributed by atoms with Gasteiger partial charge in [-0.3, -0.25) is 4.79 Å². The Morgan fingerprint density at radius 1 is 0.960 bits per heavy atom. The van der Waals surface area contributed by atoms with E-state index < -0.39 is 18.5 Å². The lowest BCUT2D eigenvalue weighted by Gasteiger charge is -2.11. The third-order valence-corrected chi connectivity index (χ3v) is 3.44. The Bertz CT molecular complexity index is 729. The predicted molar refractivity (Wildman–Crippen MR) is 93.9 cm³/mol. The van der Waals surface area contributed by atoms with Crippen LogP contribution < -0.4 is 14.8 Å². The second kappa shape index (κ2) is 9.32. The standard InChI is InChI=1S/C19H21NO5/c1-3-14-8-4-6-10-16(14)24-13-19(22)25-12-18(21)20-15-9-5-7-11-17(15)23-2/h4-11H,3,12-13H2,1-2H3,(H,20,21). The van der Waals surface area contributed by atoms with Gasteiger partial charge >= 0.3 is 5.97 Å². The van der Waals surface area contributed by atoms with Crippen LogP contribution >= 0.6 is 0 Å². The number of hydrogen-bond acceptors (Lipinski definition) is 5. The monoisotopic (exact) mass is 343 g/mol. The first-order valence-corrected chi connectivity index (χ1v) is 7.93. The molecule has 132 valence electrons. The third-order valence-electron chi connectivity index (χ3n) is 3.44. The molecular formula is C19H21NO5. The van der Waals surface area contributed by atoms with Crippen molar-refractivity contribution in [3.63, 3.8) is 0 Å². The van der Waals surface area contributed by atoms with Crippen LogP contribution in [0, 0.1) is 0 Å². The van der Waals surface area contributed by atoms with Gasteiger partial charge in [0, 0.05) is 0 Å². The number of nitrogens with one attached hydrogen (secondary N) is 1. The van der Waals surface area contributed by atoms with Gasteiger partial charge in [0.1, 0.15) is 11.5 Å². The fourth-order valence-corrected chi connectivity index (χ4v) is 2.20. The van der Waals surface area contributed by atoms with Crippen molar-refractivity contribution >= 4 is 17.6 Å². The van der Waals surface area contributed by atoms with Crippen LogP contribution in [-0.4, -0.2) is 32.2 Å². The number of methoxy groups -OCH3 is 1. The summed E-state index contributed by atoms with van der Waals surface area (Å²) in [7, 11) is 1.51. The Labute approximate surface area is 146 Å². The van der Waals surface area contributed by atoms with E-state index in [1.165, 1.54) is 7.11 Å². The number of carbonyl (C=O) groups excluding carboxylic acids is 2. The molecule has 0 unspecified atom stereocenters. The fourth-order valence-electron chi connectivity index (χ4n) is 2.20. The SMILES string of the molecule is CCc1ccccc1OCC(=O)OCC(=O)Nc1ccccc1OC. The Morgan fingerprint density at radius 2 is 1.64 bits per heavy atom. The summed E-state index contributed by atoms with van der Waals surface area (Å²) in [6, 6.07) is 14.4. The first-order chi connectivity index (χ1) is 12.1. The van der Waals surface area contributed by atoms with E-state index >= 15 is 0 Å². The molecule has 6 heteroatoms. The lowest BCUT2D eigenvalue weighted by molar-refractivity contribution is -0.149. The lowest BCUT2D eigenvalue weighted by Crippen LogP contribution is -2.24. The zero-order valence-electron chi connectivity index (χ0n) is 14.3. The first kappa shape index (κ1) is 18.3. The molecule has 0 aliphatic rings. The molecule has 25 heavy (non-hydrogen) atoms. The molecule has 0 aromatic heterocycles. The number of hydrogen-bond donors (Lipinski definition) is 1. The summed E-state index contributed by atoms with van der Waals surface area (Å²) in [5.74, 6) is 0.106. The van der Waals surface area contributed by atoms with Crippen LogP contribution in [0.2, 0.25) is 0 Å². The number of para-hydroxylation sites is 3. The number of aryl methyl sites for hydroxylation is 1. The topological polar surface area (TPSA) is 73.9 Å². The molecule has 0 heterocycles. The Morgan fingerprint density at radius 3 is 2.36 bits per heavy atom. The highest BCUT2D eigenvalue weighted by atomic mass is 16.6. The maximum absolute atomic E-state index is 11.9. The zero-order chi connectivity index (χ0) is 18.1. The minimum atomic E-state index is -0.610. The van der Waals surface area contributed by atoms with E-state index in [2.05, 4.69) is 5.32 Å². The summed E-state index contributed by atoms with van der Waals surface area (Å²) in [6.45, 7) is 1.36. The summed E-state index contributed by atoms with van der Waals surface area (Å²) in [6.07, 6.45) is 0.798. The summed E-state index contributed by atoms with van der Waals surface area (Å²) in [5, 5.41) is 2.63. The van der Waals surface area contributed by atoms with Crippen LogP contribution in [0.1, 0.15) is 12.5 Å². The van der Waals surface area contributed by atoms with Crippen molar-refractivity contribution in [2.24, 2.45) is 0 Å². The Balaban J connectivity index is 1.78. The number of amides is 1. The van der Waals surface area contributed by atoms with Gasteiger partial charge in [-0.05, 0) is 30.2 Å². The van der Waals surface area contributed by atoms with Crippen LogP contribution in [0.3, 0.4) is 0 Å². The highest BCUT2D eigenvalue weighted by Gasteiger charge is 2.11. The van der Waals surface area contributed by atoms with Crippen LogP contribution in [-0.2, 0) is 20.7 Å². The summed E-state index contributed by atoms with van der Waals surface area (Å²) in [4.78, 5) is 23.6. The van der Waals surface area contributed by atoms with Gasteiger partial charge in [-0.1, -0.05) is 37.3 Å². The third kappa shape index (κ3) is 5.53. The molecule has 0 aliphatic carbocycles. The van der Waals surface area contributed by atoms with Crippen LogP contribution in [0.4, 0.5) is 5.69 Å². The Kier molecular flexibility index (Phi) is 6.83. The van der Waals surface area contributed by atoms with Crippen molar-refractivity contribution in [2.45, 2.75) is 13.3 Å². The molecule has 1 amide bonds. The second-order valence-corrected chi connectivity index (χ2v) is 5.16. The molecule has 2 aromatic rings. The fraction of sp³-hybridized carbons (Fsp3) is 0.263. The molecule has 0 spiro atoms.